The molecule has 0 amide bonds. The summed E-state index contributed by atoms with van der Waals surface area (Å²) in [4.78, 5) is -0.597. The normalized spacial score (nSPS) is 13.4. The predicted octanol–water partition coefficient (Wildman–Crippen LogP) is 2.96. The zero-order valence-electron chi connectivity index (χ0n) is 7.27. The largest absolute Gasteiger partial charge is 0.425 e. The van der Waals surface area contributed by atoms with Crippen LogP contribution in [0.2, 0.25) is 0 Å². The fourth-order valence-electron chi connectivity index (χ4n) is 1.04. The lowest BCUT2D eigenvalue weighted by Gasteiger charge is -2.20. The Hall–Kier alpha value is -0.550. The summed E-state index contributed by atoms with van der Waals surface area (Å²) < 4.78 is 37.1. The van der Waals surface area contributed by atoms with Crippen molar-refractivity contribution >= 4 is 11.3 Å². The summed E-state index contributed by atoms with van der Waals surface area (Å²) in [7, 11) is 0. The van der Waals surface area contributed by atoms with Crippen molar-refractivity contribution in [2.75, 3.05) is 0 Å². The number of thiophene rings is 1. The van der Waals surface area contributed by atoms with Gasteiger partial charge in [0, 0.05) is 5.54 Å². The van der Waals surface area contributed by atoms with E-state index in [-0.39, 0.29) is 5.56 Å². The minimum absolute atomic E-state index is 0.157. The molecular formula is C8H10F3NS. The standard InChI is InChI=1S/C8H10F3NS/c1-7(2,12)5-3-4-13-6(5)8(9,10)11/h3-4H,12H2,1-2H3. The molecule has 0 bridgehead atoms. The van der Waals surface area contributed by atoms with Gasteiger partial charge in [0.15, 0.2) is 0 Å². The molecule has 13 heavy (non-hydrogen) atoms. The van der Waals surface area contributed by atoms with Gasteiger partial charge in [0.1, 0.15) is 4.88 Å². The number of nitrogens with two attached hydrogens (primary N) is 1. The van der Waals surface area contributed by atoms with Gasteiger partial charge < -0.3 is 5.73 Å². The van der Waals surface area contributed by atoms with Crippen LogP contribution >= 0.6 is 11.3 Å². The highest BCUT2D eigenvalue weighted by atomic mass is 32.1. The molecule has 2 N–H and O–H groups in total. The Balaban J connectivity index is 3.19. The zero-order chi connectivity index (χ0) is 10.3. The van der Waals surface area contributed by atoms with E-state index < -0.39 is 16.6 Å². The number of rotatable bonds is 1. The molecule has 5 heteroatoms. The van der Waals surface area contributed by atoms with Gasteiger partial charge in [0.2, 0.25) is 0 Å². The third kappa shape index (κ3) is 2.22. The van der Waals surface area contributed by atoms with Crippen LogP contribution in [0.1, 0.15) is 24.3 Å². The summed E-state index contributed by atoms with van der Waals surface area (Å²) in [5, 5.41) is 1.41. The van der Waals surface area contributed by atoms with Crippen LogP contribution in [0.15, 0.2) is 11.4 Å². The van der Waals surface area contributed by atoms with Crippen LogP contribution < -0.4 is 5.73 Å². The molecule has 0 radical (unpaired) electrons. The smallest absolute Gasteiger partial charge is 0.322 e. The first kappa shape index (κ1) is 10.5. The molecule has 0 saturated carbocycles. The maximum atomic E-state index is 12.4. The Morgan fingerprint density at radius 3 is 2.15 bits per heavy atom. The highest BCUT2D eigenvalue weighted by molar-refractivity contribution is 7.10. The van der Waals surface area contributed by atoms with Crippen molar-refractivity contribution in [2.45, 2.75) is 25.6 Å². The van der Waals surface area contributed by atoms with Crippen molar-refractivity contribution in [3.63, 3.8) is 0 Å². The van der Waals surface area contributed by atoms with E-state index in [0.717, 1.165) is 0 Å². The molecule has 74 valence electrons. The fourth-order valence-corrected chi connectivity index (χ4v) is 1.97. The Morgan fingerprint density at radius 1 is 1.31 bits per heavy atom. The molecule has 0 aromatic carbocycles. The SMILES string of the molecule is CC(C)(N)c1ccsc1C(F)(F)F. The van der Waals surface area contributed by atoms with E-state index in [2.05, 4.69) is 0 Å². The predicted molar refractivity (Wildman–Crippen MR) is 46.5 cm³/mol. The van der Waals surface area contributed by atoms with Crippen molar-refractivity contribution < 1.29 is 13.2 Å². The molecule has 0 atom stereocenters. The quantitative estimate of drug-likeness (QED) is 0.756. The van der Waals surface area contributed by atoms with E-state index in [1.54, 1.807) is 13.8 Å². The van der Waals surface area contributed by atoms with Crippen molar-refractivity contribution in [3.05, 3.63) is 21.9 Å². The van der Waals surface area contributed by atoms with Crippen LogP contribution in [0.5, 0.6) is 0 Å². The average molecular weight is 209 g/mol. The molecular weight excluding hydrogens is 199 g/mol. The monoisotopic (exact) mass is 209 g/mol. The van der Waals surface area contributed by atoms with Crippen LogP contribution in [-0.2, 0) is 11.7 Å². The second-order valence-electron chi connectivity index (χ2n) is 3.38. The Kier molecular flexibility index (Phi) is 2.42. The van der Waals surface area contributed by atoms with E-state index in [4.69, 9.17) is 5.73 Å². The molecule has 1 nitrogen and oxygen atoms in total. The zero-order valence-corrected chi connectivity index (χ0v) is 8.09. The maximum absolute atomic E-state index is 12.4. The van der Waals surface area contributed by atoms with E-state index in [1.807, 2.05) is 0 Å². The molecule has 1 rings (SSSR count). The Bertz CT molecular complexity index is 267. The number of halogens is 3. The summed E-state index contributed by atoms with van der Waals surface area (Å²) in [5.74, 6) is 0. The highest BCUT2D eigenvalue weighted by Gasteiger charge is 2.37. The Labute approximate surface area is 78.4 Å². The first-order valence-corrected chi connectivity index (χ1v) is 4.55. The Morgan fingerprint density at radius 2 is 1.85 bits per heavy atom. The minimum atomic E-state index is -4.29. The lowest BCUT2D eigenvalue weighted by molar-refractivity contribution is -0.135. The van der Waals surface area contributed by atoms with E-state index in [0.29, 0.717) is 11.3 Å². The molecule has 1 aromatic heterocycles. The van der Waals surface area contributed by atoms with E-state index in [9.17, 15) is 13.2 Å². The summed E-state index contributed by atoms with van der Waals surface area (Å²) in [5.41, 5.74) is 4.82. The molecule has 0 aliphatic heterocycles. The number of hydrogen-bond acceptors (Lipinski definition) is 2. The molecule has 0 saturated heterocycles. The van der Waals surface area contributed by atoms with Gasteiger partial charge in [-0.2, -0.15) is 13.2 Å². The number of hydrogen-bond donors (Lipinski definition) is 1. The van der Waals surface area contributed by atoms with Crippen molar-refractivity contribution in [3.8, 4) is 0 Å². The van der Waals surface area contributed by atoms with Gasteiger partial charge in [0.25, 0.3) is 0 Å². The molecule has 0 unspecified atom stereocenters. The first-order valence-electron chi connectivity index (χ1n) is 3.67. The summed E-state index contributed by atoms with van der Waals surface area (Å²) in [6.45, 7) is 3.12. The van der Waals surface area contributed by atoms with Gasteiger partial charge in [-0.1, -0.05) is 0 Å². The summed E-state index contributed by atoms with van der Waals surface area (Å²) in [6, 6.07) is 1.42. The van der Waals surface area contributed by atoms with Crippen LogP contribution in [0.4, 0.5) is 13.2 Å². The molecule has 0 fully saturated rings. The van der Waals surface area contributed by atoms with Crippen molar-refractivity contribution in [1.82, 2.24) is 0 Å². The van der Waals surface area contributed by atoms with Gasteiger partial charge >= 0.3 is 6.18 Å². The second-order valence-corrected chi connectivity index (χ2v) is 4.30. The van der Waals surface area contributed by atoms with Crippen molar-refractivity contribution in [1.29, 1.82) is 0 Å². The third-order valence-electron chi connectivity index (χ3n) is 1.62. The van der Waals surface area contributed by atoms with Crippen LogP contribution in [0.3, 0.4) is 0 Å². The lowest BCUT2D eigenvalue weighted by atomic mass is 9.96. The fraction of sp³-hybridized carbons (Fsp3) is 0.500. The average Bonchev–Trinajstić information content (AvgIpc) is 2.27. The van der Waals surface area contributed by atoms with Gasteiger partial charge in [-0.15, -0.1) is 11.3 Å². The van der Waals surface area contributed by atoms with Crippen molar-refractivity contribution in [2.24, 2.45) is 5.73 Å². The lowest BCUT2D eigenvalue weighted by Crippen LogP contribution is -2.30. The van der Waals surface area contributed by atoms with E-state index in [1.165, 1.54) is 11.4 Å². The molecule has 0 aliphatic carbocycles. The summed E-state index contributed by atoms with van der Waals surface area (Å²) in [6.07, 6.45) is -4.29. The first-order chi connectivity index (χ1) is 5.73. The van der Waals surface area contributed by atoms with Gasteiger partial charge in [-0.05, 0) is 30.9 Å². The van der Waals surface area contributed by atoms with Crippen LogP contribution in [-0.4, -0.2) is 0 Å². The molecule has 0 spiro atoms. The topological polar surface area (TPSA) is 26.0 Å². The van der Waals surface area contributed by atoms with E-state index >= 15 is 0 Å². The third-order valence-corrected chi connectivity index (χ3v) is 2.58. The van der Waals surface area contributed by atoms with Gasteiger partial charge in [0.05, 0.1) is 0 Å². The minimum Gasteiger partial charge on any atom is -0.322 e. The van der Waals surface area contributed by atoms with Crippen LogP contribution in [0.25, 0.3) is 0 Å². The molecule has 1 aromatic rings. The molecule has 0 aliphatic rings. The highest BCUT2D eigenvalue weighted by Crippen LogP contribution is 2.39. The van der Waals surface area contributed by atoms with Crippen LogP contribution in [0, 0.1) is 0 Å². The summed E-state index contributed by atoms with van der Waals surface area (Å²) >= 11 is 0.678. The maximum Gasteiger partial charge on any atom is 0.425 e. The second kappa shape index (κ2) is 2.99. The molecule has 1 heterocycles. The van der Waals surface area contributed by atoms with Gasteiger partial charge in [-0.3, -0.25) is 0 Å². The number of alkyl halides is 3. The van der Waals surface area contributed by atoms with Gasteiger partial charge in [-0.25, -0.2) is 0 Å².